The van der Waals surface area contributed by atoms with Gasteiger partial charge in [0.25, 0.3) is 0 Å². The van der Waals surface area contributed by atoms with E-state index in [4.69, 9.17) is 16.3 Å². The minimum absolute atomic E-state index is 0.652. The number of benzene rings is 2. The van der Waals surface area contributed by atoms with Crippen molar-refractivity contribution in [2.45, 2.75) is 20.4 Å². The van der Waals surface area contributed by atoms with E-state index in [1.165, 1.54) is 5.56 Å². The molecule has 2 nitrogen and oxygen atoms in total. The van der Waals surface area contributed by atoms with Crippen LogP contribution in [0.3, 0.4) is 0 Å². The van der Waals surface area contributed by atoms with Crippen molar-refractivity contribution in [3.63, 3.8) is 0 Å². The van der Waals surface area contributed by atoms with E-state index in [9.17, 15) is 0 Å². The molecule has 0 aliphatic carbocycles. The predicted molar refractivity (Wildman–Crippen MR) is 92.2 cm³/mol. The molecule has 0 amide bonds. The van der Waals surface area contributed by atoms with Gasteiger partial charge in [0, 0.05) is 11.6 Å². The zero-order chi connectivity index (χ0) is 15.2. The van der Waals surface area contributed by atoms with Crippen molar-refractivity contribution in [1.29, 1.82) is 0 Å². The highest BCUT2D eigenvalue weighted by atomic mass is 79.9. The Kier molecular flexibility index (Phi) is 6.09. The summed E-state index contributed by atoms with van der Waals surface area (Å²) in [6.07, 6.45) is 0. The summed E-state index contributed by atoms with van der Waals surface area (Å²) >= 11 is 9.52. The fourth-order valence-corrected chi connectivity index (χ4v) is 2.59. The number of nitrogens with one attached hydrogen (secondary N) is 1. The number of halogens is 2. The van der Waals surface area contributed by atoms with Crippen LogP contribution < -0.4 is 10.1 Å². The molecule has 0 aromatic heterocycles. The Morgan fingerprint density at radius 2 is 2.00 bits per heavy atom. The lowest BCUT2D eigenvalue weighted by molar-refractivity contribution is 0.479. The molecule has 0 saturated heterocycles. The molecule has 1 N–H and O–H groups in total. The molecule has 0 radical (unpaired) electrons. The second-order valence-corrected chi connectivity index (χ2v) is 6.64. The van der Waals surface area contributed by atoms with Gasteiger partial charge in [-0.2, -0.15) is 0 Å². The van der Waals surface area contributed by atoms with Crippen LogP contribution in [0.1, 0.15) is 19.4 Å². The zero-order valence-electron chi connectivity index (χ0n) is 12.2. The lowest BCUT2D eigenvalue weighted by atomic mass is 10.2. The molecule has 2 rings (SSSR count). The van der Waals surface area contributed by atoms with E-state index in [0.29, 0.717) is 10.9 Å². The maximum atomic E-state index is 5.96. The van der Waals surface area contributed by atoms with E-state index in [-0.39, 0.29) is 0 Å². The topological polar surface area (TPSA) is 21.3 Å². The van der Waals surface area contributed by atoms with Gasteiger partial charge < -0.3 is 10.1 Å². The van der Waals surface area contributed by atoms with Gasteiger partial charge >= 0.3 is 0 Å². The molecule has 0 aliphatic rings. The van der Waals surface area contributed by atoms with Crippen LogP contribution in [0.25, 0.3) is 0 Å². The Bertz CT molecular complexity index is 601. The fourth-order valence-electron chi connectivity index (χ4n) is 1.90. The number of rotatable bonds is 6. The van der Waals surface area contributed by atoms with Crippen molar-refractivity contribution in [3.05, 3.63) is 57.5 Å². The highest BCUT2D eigenvalue weighted by molar-refractivity contribution is 9.10. The third-order valence-electron chi connectivity index (χ3n) is 2.90. The van der Waals surface area contributed by atoms with E-state index >= 15 is 0 Å². The molecule has 2 aromatic carbocycles. The van der Waals surface area contributed by atoms with Gasteiger partial charge in [0.1, 0.15) is 11.5 Å². The van der Waals surface area contributed by atoms with Gasteiger partial charge in [-0.05, 0) is 64.3 Å². The van der Waals surface area contributed by atoms with Gasteiger partial charge in [-0.15, -0.1) is 0 Å². The smallest absolute Gasteiger partial charge is 0.141 e. The summed E-state index contributed by atoms with van der Waals surface area (Å²) in [6, 6.07) is 13.5. The minimum Gasteiger partial charge on any atom is -0.456 e. The van der Waals surface area contributed by atoms with Gasteiger partial charge in [-0.1, -0.05) is 37.6 Å². The van der Waals surface area contributed by atoms with E-state index in [0.717, 1.165) is 29.1 Å². The van der Waals surface area contributed by atoms with E-state index < -0.39 is 0 Å². The van der Waals surface area contributed by atoms with Crippen molar-refractivity contribution in [3.8, 4) is 11.5 Å². The molecule has 2 aromatic rings. The number of hydrogen-bond donors (Lipinski definition) is 1. The van der Waals surface area contributed by atoms with Gasteiger partial charge in [0.2, 0.25) is 0 Å². The second-order valence-electron chi connectivity index (χ2n) is 5.35. The Hall–Kier alpha value is -1.03. The van der Waals surface area contributed by atoms with Crippen molar-refractivity contribution in [2.24, 2.45) is 5.92 Å². The number of ether oxygens (including phenoxy) is 1. The summed E-state index contributed by atoms with van der Waals surface area (Å²) in [4.78, 5) is 0. The molecular weight excluding hydrogens is 350 g/mol. The van der Waals surface area contributed by atoms with Gasteiger partial charge in [0.15, 0.2) is 0 Å². The molecule has 0 spiro atoms. The van der Waals surface area contributed by atoms with Crippen molar-refractivity contribution >= 4 is 27.5 Å². The Balaban J connectivity index is 2.02. The van der Waals surface area contributed by atoms with Crippen LogP contribution in [0, 0.1) is 5.92 Å². The summed E-state index contributed by atoms with van der Waals surface area (Å²) in [6.45, 7) is 6.27. The summed E-state index contributed by atoms with van der Waals surface area (Å²) in [7, 11) is 0. The molecular formula is C17H19BrClNO. The zero-order valence-corrected chi connectivity index (χ0v) is 14.5. The Labute approximate surface area is 139 Å². The lowest BCUT2D eigenvalue weighted by Gasteiger charge is -2.11. The maximum Gasteiger partial charge on any atom is 0.141 e. The highest BCUT2D eigenvalue weighted by Crippen LogP contribution is 2.31. The Morgan fingerprint density at radius 3 is 2.67 bits per heavy atom. The van der Waals surface area contributed by atoms with Crippen LogP contribution in [0.4, 0.5) is 0 Å². The molecule has 0 fully saturated rings. The molecule has 0 bridgehead atoms. The fraction of sp³-hybridized carbons (Fsp3) is 0.294. The molecule has 0 atom stereocenters. The summed E-state index contributed by atoms with van der Waals surface area (Å²) in [5, 5.41) is 4.09. The van der Waals surface area contributed by atoms with E-state index in [1.807, 2.05) is 24.3 Å². The monoisotopic (exact) mass is 367 g/mol. The van der Waals surface area contributed by atoms with Crippen molar-refractivity contribution in [1.82, 2.24) is 5.32 Å². The van der Waals surface area contributed by atoms with Gasteiger partial charge in [-0.3, -0.25) is 0 Å². The third kappa shape index (κ3) is 5.34. The third-order valence-corrected chi connectivity index (χ3v) is 3.76. The van der Waals surface area contributed by atoms with E-state index in [2.05, 4.69) is 47.2 Å². The quantitative estimate of drug-likeness (QED) is 0.712. The molecule has 4 heteroatoms. The maximum absolute atomic E-state index is 5.96. The van der Waals surface area contributed by atoms with Crippen LogP contribution in [-0.4, -0.2) is 6.54 Å². The SMILES string of the molecule is CC(C)CNCc1ccc(Oc2cccc(Cl)c2)c(Br)c1. The first kappa shape index (κ1) is 16.3. The van der Waals surface area contributed by atoms with E-state index in [1.54, 1.807) is 6.07 Å². The molecule has 0 unspecified atom stereocenters. The molecule has 112 valence electrons. The largest absolute Gasteiger partial charge is 0.456 e. The molecule has 21 heavy (non-hydrogen) atoms. The predicted octanol–water partition coefficient (Wildman–Crippen LogP) is 5.64. The lowest BCUT2D eigenvalue weighted by Crippen LogP contribution is -2.18. The average molecular weight is 369 g/mol. The molecule has 0 saturated carbocycles. The molecule has 0 aliphatic heterocycles. The van der Waals surface area contributed by atoms with Gasteiger partial charge in [0.05, 0.1) is 4.47 Å². The van der Waals surface area contributed by atoms with Crippen molar-refractivity contribution in [2.75, 3.05) is 6.54 Å². The van der Waals surface area contributed by atoms with Crippen LogP contribution in [0.2, 0.25) is 5.02 Å². The average Bonchev–Trinajstić information content (AvgIpc) is 2.41. The van der Waals surface area contributed by atoms with Crippen LogP contribution >= 0.6 is 27.5 Å². The van der Waals surface area contributed by atoms with Crippen LogP contribution in [0.15, 0.2) is 46.9 Å². The summed E-state index contributed by atoms with van der Waals surface area (Å²) in [5.74, 6) is 2.16. The highest BCUT2D eigenvalue weighted by Gasteiger charge is 2.05. The first-order valence-corrected chi connectivity index (χ1v) is 8.14. The second kappa shape index (κ2) is 7.83. The first-order valence-electron chi connectivity index (χ1n) is 6.97. The summed E-state index contributed by atoms with van der Waals surface area (Å²) < 4.78 is 6.77. The van der Waals surface area contributed by atoms with Gasteiger partial charge in [-0.25, -0.2) is 0 Å². The minimum atomic E-state index is 0.652. The standard InChI is InChI=1S/C17H19BrClNO/c1-12(2)10-20-11-13-6-7-17(16(18)8-13)21-15-5-3-4-14(19)9-15/h3-9,12,20H,10-11H2,1-2H3. The van der Waals surface area contributed by atoms with Crippen molar-refractivity contribution < 1.29 is 4.74 Å². The Morgan fingerprint density at radius 1 is 1.19 bits per heavy atom. The van der Waals surface area contributed by atoms with Crippen LogP contribution in [0.5, 0.6) is 11.5 Å². The normalized spacial score (nSPS) is 10.9. The first-order chi connectivity index (χ1) is 10.0. The molecule has 0 heterocycles. The van der Waals surface area contributed by atoms with Crippen LogP contribution in [-0.2, 0) is 6.54 Å². The summed E-state index contributed by atoms with van der Waals surface area (Å²) in [5.41, 5.74) is 1.22. The number of hydrogen-bond acceptors (Lipinski definition) is 2.